The SMILES string of the molecule is CC1C=C2CC34c5c2ccc(O)c5OC3C(=O)CCC4(O)C1. The van der Waals surface area contributed by atoms with Gasteiger partial charge >= 0.3 is 0 Å². The highest BCUT2D eigenvalue weighted by molar-refractivity contribution is 5.94. The number of aromatic hydroxyl groups is 1. The van der Waals surface area contributed by atoms with E-state index < -0.39 is 17.1 Å². The number of hydrogen-bond acceptors (Lipinski definition) is 4. The summed E-state index contributed by atoms with van der Waals surface area (Å²) in [6.07, 6.45) is 3.65. The Morgan fingerprint density at radius 1 is 1.36 bits per heavy atom. The fraction of sp³-hybridized carbons (Fsp3) is 0.500. The molecular formula is C18H18O4. The van der Waals surface area contributed by atoms with E-state index >= 15 is 0 Å². The summed E-state index contributed by atoms with van der Waals surface area (Å²) in [7, 11) is 0. The Balaban J connectivity index is 1.91. The molecule has 1 fully saturated rings. The van der Waals surface area contributed by atoms with Crippen LogP contribution in [0, 0.1) is 5.92 Å². The van der Waals surface area contributed by atoms with Crippen molar-refractivity contribution >= 4 is 11.4 Å². The number of ketones is 1. The number of ether oxygens (including phenoxy) is 1. The van der Waals surface area contributed by atoms with Crippen molar-refractivity contribution in [2.45, 2.75) is 49.7 Å². The van der Waals surface area contributed by atoms with E-state index in [1.165, 1.54) is 5.57 Å². The van der Waals surface area contributed by atoms with Crippen molar-refractivity contribution < 1.29 is 19.7 Å². The van der Waals surface area contributed by atoms with Gasteiger partial charge in [-0.3, -0.25) is 4.79 Å². The maximum Gasteiger partial charge on any atom is 0.174 e. The summed E-state index contributed by atoms with van der Waals surface area (Å²) in [4.78, 5) is 12.5. The molecule has 4 heteroatoms. The highest BCUT2D eigenvalue weighted by Crippen LogP contribution is 2.67. The molecule has 2 N–H and O–H groups in total. The molecule has 114 valence electrons. The highest BCUT2D eigenvalue weighted by atomic mass is 16.5. The second-order valence-corrected chi connectivity index (χ2v) is 7.35. The summed E-state index contributed by atoms with van der Waals surface area (Å²) in [5.41, 5.74) is 1.43. The molecule has 4 aliphatic rings. The van der Waals surface area contributed by atoms with Gasteiger partial charge in [-0.05, 0) is 42.4 Å². The van der Waals surface area contributed by atoms with E-state index in [0.29, 0.717) is 31.4 Å². The van der Waals surface area contributed by atoms with Crippen molar-refractivity contribution in [1.82, 2.24) is 0 Å². The van der Waals surface area contributed by atoms with Crippen LogP contribution in [0.15, 0.2) is 18.2 Å². The Bertz CT molecular complexity index is 765. The summed E-state index contributed by atoms with van der Waals surface area (Å²) in [5.74, 6) is 0.785. The monoisotopic (exact) mass is 298 g/mol. The normalized spacial score (nSPS) is 40.8. The van der Waals surface area contributed by atoms with E-state index in [1.54, 1.807) is 6.07 Å². The largest absolute Gasteiger partial charge is 0.504 e. The fourth-order valence-corrected chi connectivity index (χ4v) is 5.36. The quantitative estimate of drug-likeness (QED) is 0.771. The summed E-state index contributed by atoms with van der Waals surface area (Å²) < 4.78 is 5.91. The van der Waals surface area contributed by atoms with Gasteiger partial charge in [0.25, 0.3) is 0 Å². The van der Waals surface area contributed by atoms with Crippen molar-refractivity contribution in [3.8, 4) is 11.5 Å². The first-order chi connectivity index (χ1) is 10.5. The van der Waals surface area contributed by atoms with Crippen LogP contribution >= 0.6 is 0 Å². The summed E-state index contributed by atoms with van der Waals surface area (Å²) in [6.45, 7) is 2.12. The van der Waals surface area contributed by atoms with Gasteiger partial charge in [-0.25, -0.2) is 0 Å². The van der Waals surface area contributed by atoms with E-state index in [1.807, 2.05) is 6.07 Å². The standard InChI is InChI=1S/C18H18O4/c1-9-6-10-8-18-14-11(10)2-3-12(19)15(14)22-16(18)13(20)4-5-17(18,21)7-9/h2-3,6,9,16,19,21H,4-5,7-8H2,1H3. The molecule has 3 aliphatic carbocycles. The number of fused-ring (bicyclic) bond motifs is 2. The van der Waals surface area contributed by atoms with Crippen LogP contribution < -0.4 is 4.74 Å². The predicted molar refractivity (Wildman–Crippen MR) is 79.8 cm³/mol. The molecule has 1 aliphatic heterocycles. The van der Waals surface area contributed by atoms with Crippen LogP contribution in [0.2, 0.25) is 0 Å². The average Bonchev–Trinajstić information content (AvgIpc) is 2.92. The Kier molecular flexibility index (Phi) is 2.06. The number of aliphatic hydroxyl groups is 1. The smallest absolute Gasteiger partial charge is 0.174 e. The lowest BCUT2D eigenvalue weighted by molar-refractivity contribution is -0.150. The van der Waals surface area contributed by atoms with Crippen LogP contribution in [0.1, 0.15) is 43.7 Å². The maximum absolute atomic E-state index is 12.5. The number of hydrogen-bond donors (Lipinski definition) is 2. The van der Waals surface area contributed by atoms with E-state index in [-0.39, 0.29) is 17.5 Å². The Morgan fingerprint density at radius 3 is 3.00 bits per heavy atom. The van der Waals surface area contributed by atoms with Gasteiger partial charge in [-0.15, -0.1) is 0 Å². The van der Waals surface area contributed by atoms with Gasteiger partial charge in [0.05, 0.1) is 11.0 Å². The van der Waals surface area contributed by atoms with E-state index in [4.69, 9.17) is 4.74 Å². The number of Topliss-reactive ketones (excluding diaryl/α,β-unsaturated/α-hetero) is 1. The second kappa shape index (κ2) is 3.57. The van der Waals surface area contributed by atoms with Gasteiger partial charge in [0.2, 0.25) is 0 Å². The second-order valence-electron chi connectivity index (χ2n) is 7.35. The molecule has 4 atom stereocenters. The van der Waals surface area contributed by atoms with Gasteiger partial charge in [-0.1, -0.05) is 19.1 Å². The minimum atomic E-state index is -0.951. The van der Waals surface area contributed by atoms with Crippen molar-refractivity contribution in [1.29, 1.82) is 0 Å². The van der Waals surface area contributed by atoms with Crippen molar-refractivity contribution in [2.24, 2.45) is 5.92 Å². The van der Waals surface area contributed by atoms with Crippen LogP contribution in [0.5, 0.6) is 11.5 Å². The molecule has 0 saturated heterocycles. The van der Waals surface area contributed by atoms with Crippen molar-refractivity contribution in [3.05, 3.63) is 29.3 Å². The molecule has 4 nitrogen and oxygen atoms in total. The molecule has 1 saturated carbocycles. The molecular weight excluding hydrogens is 280 g/mol. The molecule has 1 heterocycles. The zero-order valence-electron chi connectivity index (χ0n) is 12.4. The van der Waals surface area contributed by atoms with Gasteiger partial charge in [0.15, 0.2) is 23.4 Å². The first kappa shape index (κ1) is 12.7. The molecule has 4 unspecified atom stereocenters. The summed E-state index contributed by atoms with van der Waals surface area (Å²) in [6, 6.07) is 3.53. The third kappa shape index (κ3) is 1.16. The zero-order chi connectivity index (χ0) is 15.3. The molecule has 22 heavy (non-hydrogen) atoms. The Hall–Kier alpha value is -1.81. The third-order valence-corrected chi connectivity index (χ3v) is 6.13. The number of benzene rings is 1. The lowest BCUT2D eigenvalue weighted by Gasteiger charge is -2.48. The number of phenols is 1. The fourth-order valence-electron chi connectivity index (χ4n) is 5.36. The van der Waals surface area contributed by atoms with Crippen LogP contribution in [0.4, 0.5) is 0 Å². The number of rotatable bonds is 0. The van der Waals surface area contributed by atoms with Crippen molar-refractivity contribution in [2.75, 3.05) is 0 Å². The lowest BCUT2D eigenvalue weighted by atomic mass is 9.57. The van der Waals surface area contributed by atoms with Gasteiger partial charge in [-0.2, -0.15) is 0 Å². The minimum absolute atomic E-state index is 0.0435. The maximum atomic E-state index is 12.5. The molecule has 1 spiro atoms. The minimum Gasteiger partial charge on any atom is -0.504 e. The first-order valence-corrected chi connectivity index (χ1v) is 7.95. The zero-order valence-corrected chi connectivity index (χ0v) is 12.4. The summed E-state index contributed by atoms with van der Waals surface area (Å²) in [5, 5.41) is 21.7. The van der Waals surface area contributed by atoms with Crippen LogP contribution in [-0.4, -0.2) is 27.7 Å². The lowest BCUT2D eigenvalue weighted by Crippen LogP contribution is -2.62. The molecule has 1 aromatic carbocycles. The molecule has 0 amide bonds. The predicted octanol–water partition coefficient (Wildman–Crippen LogP) is 2.31. The number of carbonyl (C=O) groups is 1. The molecule has 5 rings (SSSR count). The first-order valence-electron chi connectivity index (χ1n) is 7.95. The average molecular weight is 298 g/mol. The van der Waals surface area contributed by atoms with Crippen LogP contribution in [-0.2, 0) is 10.2 Å². The summed E-state index contributed by atoms with van der Waals surface area (Å²) >= 11 is 0. The Morgan fingerprint density at radius 2 is 2.18 bits per heavy atom. The van der Waals surface area contributed by atoms with E-state index in [0.717, 1.165) is 11.1 Å². The Labute approximate surface area is 128 Å². The molecule has 0 aromatic heterocycles. The van der Waals surface area contributed by atoms with Crippen LogP contribution in [0.3, 0.4) is 0 Å². The topological polar surface area (TPSA) is 66.8 Å². The van der Waals surface area contributed by atoms with Gasteiger partial charge < -0.3 is 14.9 Å². The van der Waals surface area contributed by atoms with E-state index in [9.17, 15) is 15.0 Å². The number of carbonyl (C=O) groups excluding carboxylic acids is 1. The number of allylic oxidation sites excluding steroid dienone is 2. The highest BCUT2D eigenvalue weighted by Gasteiger charge is 2.70. The van der Waals surface area contributed by atoms with Gasteiger partial charge in [0, 0.05) is 12.0 Å². The van der Waals surface area contributed by atoms with Gasteiger partial charge in [0.1, 0.15) is 0 Å². The molecule has 0 radical (unpaired) electrons. The van der Waals surface area contributed by atoms with E-state index in [2.05, 4.69) is 13.0 Å². The third-order valence-electron chi connectivity index (χ3n) is 6.13. The number of phenolic OH excluding ortho intramolecular Hbond substituents is 1. The molecule has 1 aromatic rings. The van der Waals surface area contributed by atoms with Crippen molar-refractivity contribution in [3.63, 3.8) is 0 Å². The molecule has 2 bridgehead atoms. The van der Waals surface area contributed by atoms with Crippen LogP contribution in [0.25, 0.3) is 5.57 Å².